The van der Waals surface area contributed by atoms with Gasteiger partial charge >= 0.3 is 6.09 Å². The first-order valence-corrected chi connectivity index (χ1v) is 11.7. The maximum Gasteiger partial charge on any atom is 0.408 e. The lowest BCUT2D eigenvalue weighted by atomic mass is 10.1. The van der Waals surface area contributed by atoms with Crippen LogP contribution in [0.25, 0.3) is 21.9 Å². The van der Waals surface area contributed by atoms with E-state index in [-0.39, 0.29) is 19.0 Å². The summed E-state index contributed by atoms with van der Waals surface area (Å²) >= 11 is 0. The number of hydrogen-bond acceptors (Lipinski definition) is 7. The van der Waals surface area contributed by atoms with Crippen LogP contribution in [0.4, 0.5) is 10.6 Å². The molecule has 2 amide bonds. The lowest BCUT2D eigenvalue weighted by molar-refractivity contribution is -0.117. The third kappa shape index (κ3) is 6.67. The molecule has 2 aromatic heterocycles. The minimum atomic E-state index is -1.02. The Morgan fingerprint density at radius 2 is 1.83 bits per heavy atom. The number of imidazole rings is 1. The van der Waals surface area contributed by atoms with Gasteiger partial charge in [-0.15, -0.1) is 0 Å². The molecular formula is C25H35N5O5. The fourth-order valence-electron chi connectivity index (χ4n) is 3.60. The smallest absolute Gasteiger partial charge is 0.408 e. The molecule has 0 aliphatic rings. The Morgan fingerprint density at radius 3 is 2.46 bits per heavy atom. The molecule has 3 N–H and O–H groups in total. The van der Waals surface area contributed by atoms with Gasteiger partial charge in [-0.1, -0.05) is 18.2 Å². The molecule has 0 radical (unpaired) electrons. The van der Waals surface area contributed by atoms with Crippen molar-refractivity contribution in [2.24, 2.45) is 0 Å². The molecule has 3 aromatic rings. The molecule has 3 rings (SSSR count). The van der Waals surface area contributed by atoms with E-state index in [0.717, 1.165) is 10.9 Å². The van der Waals surface area contributed by atoms with Gasteiger partial charge in [-0.2, -0.15) is 0 Å². The zero-order valence-corrected chi connectivity index (χ0v) is 21.4. The lowest BCUT2D eigenvalue weighted by Crippen LogP contribution is -2.44. The van der Waals surface area contributed by atoms with Crippen molar-refractivity contribution in [3.63, 3.8) is 0 Å². The summed E-state index contributed by atoms with van der Waals surface area (Å²) in [6.07, 6.45) is -0.690. The van der Waals surface area contributed by atoms with Crippen LogP contribution in [0.15, 0.2) is 24.3 Å². The van der Waals surface area contributed by atoms with Crippen molar-refractivity contribution in [2.75, 3.05) is 11.9 Å². The number of anilines is 1. The molecule has 0 bridgehead atoms. The number of aliphatic hydroxyl groups is 1. The van der Waals surface area contributed by atoms with Crippen LogP contribution in [0.5, 0.6) is 0 Å². The summed E-state index contributed by atoms with van der Waals surface area (Å²) in [6.45, 7) is 13.1. The van der Waals surface area contributed by atoms with Crippen LogP contribution in [0.2, 0.25) is 0 Å². The molecule has 0 fully saturated rings. The average Bonchev–Trinajstić information content (AvgIpc) is 3.08. The number of alkyl carbamates (subject to hydrolysis) is 1. The second kappa shape index (κ2) is 10.2. The van der Waals surface area contributed by atoms with Gasteiger partial charge in [0.25, 0.3) is 0 Å². The lowest BCUT2D eigenvalue weighted by Gasteiger charge is -2.22. The molecule has 10 nitrogen and oxygen atoms in total. The molecule has 1 aromatic carbocycles. The third-order valence-electron chi connectivity index (χ3n) is 5.01. The Hall–Kier alpha value is -3.24. The summed E-state index contributed by atoms with van der Waals surface area (Å²) in [5.74, 6) is 0.398. The van der Waals surface area contributed by atoms with Crippen LogP contribution >= 0.6 is 0 Å². The van der Waals surface area contributed by atoms with Crippen molar-refractivity contribution in [3.8, 4) is 0 Å². The molecule has 0 saturated heterocycles. The largest absolute Gasteiger partial charge is 0.444 e. The number of rotatable bonds is 8. The second-order valence-electron chi connectivity index (χ2n) is 10.1. The van der Waals surface area contributed by atoms with E-state index in [1.165, 1.54) is 0 Å². The molecule has 0 aliphatic carbocycles. The van der Waals surface area contributed by atoms with Gasteiger partial charge in [0.2, 0.25) is 5.91 Å². The van der Waals surface area contributed by atoms with Crippen LogP contribution in [-0.4, -0.2) is 55.5 Å². The Bertz CT molecular complexity index is 1220. The zero-order valence-electron chi connectivity index (χ0n) is 21.4. The summed E-state index contributed by atoms with van der Waals surface area (Å²) in [4.78, 5) is 34.5. The van der Waals surface area contributed by atoms with E-state index < -0.39 is 29.2 Å². The standard InChI is InChI=1S/C25H35N5O5/c1-8-34-13-18-28-19-20(30(18)14-25(6,7)33)16-11-9-10-12-17(16)27-21(19)29-22(31)15(2)26-23(32)35-24(3,4)5/h9-12,15,33H,8,13-14H2,1-7H3,(H,26,32)(H,27,29,31)/t15-/m0/s1. The van der Waals surface area contributed by atoms with Gasteiger partial charge in [-0.3, -0.25) is 4.79 Å². The van der Waals surface area contributed by atoms with Crippen LogP contribution in [0.1, 0.15) is 54.3 Å². The monoisotopic (exact) mass is 485 g/mol. The predicted molar refractivity (Wildman–Crippen MR) is 134 cm³/mol. The van der Waals surface area contributed by atoms with E-state index in [9.17, 15) is 14.7 Å². The van der Waals surface area contributed by atoms with Gasteiger partial charge in [0.15, 0.2) is 5.82 Å². The van der Waals surface area contributed by atoms with Crippen molar-refractivity contribution in [3.05, 3.63) is 30.1 Å². The number of amides is 2. The maximum absolute atomic E-state index is 13.0. The molecule has 0 unspecified atom stereocenters. The number of aromatic nitrogens is 3. The minimum Gasteiger partial charge on any atom is -0.444 e. The Kier molecular flexibility index (Phi) is 7.66. The number of carbonyl (C=O) groups is 2. The highest BCUT2D eigenvalue weighted by Gasteiger charge is 2.26. The highest BCUT2D eigenvalue weighted by atomic mass is 16.6. The first-order valence-electron chi connectivity index (χ1n) is 11.7. The van der Waals surface area contributed by atoms with Crippen LogP contribution in [0, 0.1) is 0 Å². The number of ether oxygens (including phenoxy) is 2. The predicted octanol–water partition coefficient (Wildman–Crippen LogP) is 3.74. The molecule has 0 saturated carbocycles. The van der Waals surface area contributed by atoms with E-state index in [2.05, 4.69) is 15.6 Å². The number of para-hydroxylation sites is 1. The molecular weight excluding hydrogens is 450 g/mol. The second-order valence-corrected chi connectivity index (χ2v) is 10.1. The van der Waals surface area contributed by atoms with Gasteiger partial charge in [0, 0.05) is 12.0 Å². The molecule has 2 heterocycles. The topological polar surface area (TPSA) is 128 Å². The van der Waals surface area contributed by atoms with Crippen molar-refractivity contribution >= 4 is 39.8 Å². The van der Waals surface area contributed by atoms with Crippen molar-refractivity contribution < 1.29 is 24.2 Å². The first-order chi connectivity index (χ1) is 16.3. The molecule has 10 heteroatoms. The Morgan fingerprint density at radius 1 is 1.14 bits per heavy atom. The van der Waals surface area contributed by atoms with Crippen LogP contribution in [-0.2, 0) is 27.4 Å². The minimum absolute atomic E-state index is 0.236. The fraction of sp³-hybridized carbons (Fsp3) is 0.520. The maximum atomic E-state index is 13.0. The first kappa shape index (κ1) is 26.4. The molecule has 190 valence electrons. The number of benzene rings is 1. The summed E-state index contributed by atoms with van der Waals surface area (Å²) < 4.78 is 12.8. The van der Waals surface area contributed by atoms with E-state index in [4.69, 9.17) is 14.5 Å². The quantitative estimate of drug-likeness (QED) is 0.443. The normalized spacial score (nSPS) is 13.1. The number of fused-ring (bicyclic) bond motifs is 3. The van der Waals surface area contributed by atoms with E-state index >= 15 is 0 Å². The third-order valence-corrected chi connectivity index (χ3v) is 5.01. The van der Waals surface area contributed by atoms with Crippen LogP contribution in [0.3, 0.4) is 0 Å². The fourth-order valence-corrected chi connectivity index (χ4v) is 3.60. The van der Waals surface area contributed by atoms with E-state index in [1.54, 1.807) is 41.5 Å². The Labute approximate surface area is 205 Å². The summed E-state index contributed by atoms with van der Waals surface area (Å²) in [5.41, 5.74) is 0.157. The van der Waals surface area contributed by atoms with Crippen LogP contribution < -0.4 is 10.6 Å². The Balaban J connectivity index is 2.05. The van der Waals surface area contributed by atoms with Gasteiger partial charge in [0.1, 0.15) is 29.6 Å². The highest BCUT2D eigenvalue weighted by Crippen LogP contribution is 2.31. The number of nitrogens with zero attached hydrogens (tertiary/aromatic N) is 3. The van der Waals surface area contributed by atoms with Crippen molar-refractivity contribution in [2.45, 2.75) is 78.9 Å². The number of pyridine rings is 1. The van der Waals surface area contributed by atoms with Gasteiger partial charge in [-0.25, -0.2) is 14.8 Å². The summed E-state index contributed by atoms with van der Waals surface area (Å²) in [5, 5.41) is 16.8. The summed E-state index contributed by atoms with van der Waals surface area (Å²) in [6, 6.07) is 6.65. The number of carbonyl (C=O) groups excluding carboxylic acids is 2. The van der Waals surface area contributed by atoms with Gasteiger partial charge in [0.05, 0.1) is 23.2 Å². The van der Waals surface area contributed by atoms with E-state index in [0.29, 0.717) is 23.5 Å². The van der Waals surface area contributed by atoms with Gasteiger partial charge in [-0.05, 0) is 54.5 Å². The molecule has 0 spiro atoms. The average molecular weight is 486 g/mol. The zero-order chi connectivity index (χ0) is 26.0. The van der Waals surface area contributed by atoms with Gasteiger partial charge < -0.3 is 29.8 Å². The molecule has 35 heavy (non-hydrogen) atoms. The highest BCUT2D eigenvalue weighted by molar-refractivity contribution is 6.10. The summed E-state index contributed by atoms with van der Waals surface area (Å²) in [7, 11) is 0. The van der Waals surface area contributed by atoms with Crippen molar-refractivity contribution in [1.29, 1.82) is 0 Å². The SMILES string of the molecule is CCOCc1nc2c(NC(=O)[C@H](C)NC(=O)OC(C)(C)C)nc3ccccc3c2n1CC(C)(C)O. The van der Waals surface area contributed by atoms with E-state index in [1.807, 2.05) is 35.8 Å². The van der Waals surface area contributed by atoms with Crippen molar-refractivity contribution in [1.82, 2.24) is 19.9 Å². The molecule has 1 atom stereocenters. The number of hydrogen-bond donors (Lipinski definition) is 3. The number of nitrogens with one attached hydrogen (secondary N) is 2. The molecule has 0 aliphatic heterocycles.